The van der Waals surface area contributed by atoms with E-state index in [9.17, 15) is 14.7 Å². The predicted octanol–water partition coefficient (Wildman–Crippen LogP) is 3.74. The van der Waals surface area contributed by atoms with Crippen LogP contribution in [-0.2, 0) is 11.2 Å². The van der Waals surface area contributed by atoms with Gasteiger partial charge in [-0.3, -0.25) is 4.79 Å². The van der Waals surface area contributed by atoms with Gasteiger partial charge in [0.15, 0.2) is 0 Å². The molecule has 0 spiro atoms. The van der Waals surface area contributed by atoms with Crippen molar-refractivity contribution in [3.05, 3.63) is 83.3 Å². The first-order chi connectivity index (χ1) is 15.4. The number of aromatic nitrogens is 3. The van der Waals surface area contributed by atoms with Gasteiger partial charge in [0, 0.05) is 46.2 Å². The number of aryl methyl sites for hydroxylation is 2. The van der Waals surface area contributed by atoms with Gasteiger partial charge in [0.2, 0.25) is 5.95 Å². The fourth-order valence-corrected chi connectivity index (χ4v) is 3.61. The molecule has 8 nitrogen and oxygen atoms in total. The van der Waals surface area contributed by atoms with Gasteiger partial charge in [-0.05, 0) is 49.7 Å². The van der Waals surface area contributed by atoms with Crippen molar-refractivity contribution in [2.75, 3.05) is 5.32 Å². The number of aromatic amines is 1. The second kappa shape index (κ2) is 8.89. The summed E-state index contributed by atoms with van der Waals surface area (Å²) in [6.45, 7) is 3.76. The molecular weight excluding hydrogens is 406 g/mol. The molecule has 0 aliphatic heterocycles. The molecule has 1 unspecified atom stereocenters. The van der Waals surface area contributed by atoms with Crippen molar-refractivity contribution >= 4 is 34.4 Å². The molecule has 0 saturated heterocycles. The largest absolute Gasteiger partial charge is 0.480 e. The average molecular weight is 429 g/mol. The molecule has 32 heavy (non-hydrogen) atoms. The van der Waals surface area contributed by atoms with Crippen LogP contribution in [0.5, 0.6) is 0 Å². The number of carboxylic acids is 1. The molecule has 8 heteroatoms. The number of anilines is 2. The molecule has 4 rings (SSSR count). The third-order valence-electron chi connectivity index (χ3n) is 5.07. The summed E-state index contributed by atoms with van der Waals surface area (Å²) in [6, 6.07) is 15.2. The van der Waals surface area contributed by atoms with E-state index in [1.807, 2.05) is 44.2 Å². The molecule has 0 fully saturated rings. The number of H-pyrrole nitrogens is 1. The zero-order valence-electron chi connectivity index (χ0n) is 17.7. The summed E-state index contributed by atoms with van der Waals surface area (Å²) in [4.78, 5) is 36.5. The second-order valence-corrected chi connectivity index (χ2v) is 7.61. The summed E-state index contributed by atoms with van der Waals surface area (Å²) in [6.07, 6.45) is 1.95. The minimum atomic E-state index is -1.10. The number of para-hydroxylation sites is 1. The number of amides is 1. The minimum absolute atomic E-state index is 0.166. The standard InChI is InChI=1S/C24H23N5O3/c1-14-10-15(2)27-24(26-14)28-18-7-5-6-16(11-18)22(30)29-21(23(31)32)12-17-13-25-20-9-4-3-8-19(17)20/h3-11,13,21,25H,12H2,1-2H3,(H,29,30)(H,31,32)(H,26,27,28). The monoisotopic (exact) mass is 429 g/mol. The number of hydrogen-bond acceptors (Lipinski definition) is 5. The molecule has 0 radical (unpaired) electrons. The number of benzene rings is 2. The Morgan fingerprint density at radius 1 is 1.03 bits per heavy atom. The lowest BCUT2D eigenvalue weighted by Crippen LogP contribution is -2.42. The fourth-order valence-electron chi connectivity index (χ4n) is 3.61. The van der Waals surface area contributed by atoms with Crippen molar-refractivity contribution < 1.29 is 14.7 Å². The number of aliphatic carboxylic acids is 1. The van der Waals surface area contributed by atoms with Gasteiger partial charge in [-0.25, -0.2) is 14.8 Å². The molecule has 0 saturated carbocycles. The molecule has 4 aromatic rings. The number of hydrogen-bond donors (Lipinski definition) is 4. The second-order valence-electron chi connectivity index (χ2n) is 7.61. The molecule has 162 valence electrons. The third-order valence-corrected chi connectivity index (χ3v) is 5.07. The Morgan fingerprint density at radius 3 is 2.53 bits per heavy atom. The molecule has 0 aliphatic rings. The quantitative estimate of drug-likeness (QED) is 0.355. The summed E-state index contributed by atoms with van der Waals surface area (Å²) < 4.78 is 0. The average Bonchev–Trinajstić information content (AvgIpc) is 3.15. The molecule has 2 aromatic heterocycles. The van der Waals surface area contributed by atoms with Crippen molar-refractivity contribution in [1.29, 1.82) is 0 Å². The number of nitrogens with one attached hydrogen (secondary N) is 3. The zero-order chi connectivity index (χ0) is 22.7. The van der Waals surface area contributed by atoms with Crippen LogP contribution in [0.4, 0.5) is 11.6 Å². The highest BCUT2D eigenvalue weighted by Gasteiger charge is 2.22. The van der Waals surface area contributed by atoms with Crippen LogP contribution in [0, 0.1) is 13.8 Å². The maximum Gasteiger partial charge on any atom is 0.326 e. The van der Waals surface area contributed by atoms with Crippen LogP contribution < -0.4 is 10.6 Å². The summed E-state index contributed by atoms with van der Waals surface area (Å²) in [7, 11) is 0. The van der Waals surface area contributed by atoms with Gasteiger partial charge in [-0.1, -0.05) is 24.3 Å². The van der Waals surface area contributed by atoms with E-state index in [4.69, 9.17) is 0 Å². The Balaban J connectivity index is 1.50. The molecule has 2 heterocycles. The van der Waals surface area contributed by atoms with Crippen LogP contribution in [0.15, 0.2) is 60.8 Å². The normalized spacial score (nSPS) is 11.8. The molecule has 0 aliphatic carbocycles. The van der Waals surface area contributed by atoms with Crippen molar-refractivity contribution in [3.8, 4) is 0 Å². The number of nitrogens with zero attached hydrogens (tertiary/aromatic N) is 2. The van der Waals surface area contributed by atoms with Crippen LogP contribution >= 0.6 is 0 Å². The van der Waals surface area contributed by atoms with Gasteiger partial charge in [0.05, 0.1) is 0 Å². The molecular formula is C24H23N5O3. The lowest BCUT2D eigenvalue weighted by atomic mass is 10.0. The van der Waals surface area contributed by atoms with E-state index in [-0.39, 0.29) is 6.42 Å². The van der Waals surface area contributed by atoms with E-state index in [1.54, 1.807) is 30.5 Å². The number of carbonyl (C=O) groups is 2. The summed E-state index contributed by atoms with van der Waals surface area (Å²) in [5.41, 5.74) is 4.38. The Bertz CT molecular complexity index is 1280. The first-order valence-corrected chi connectivity index (χ1v) is 10.2. The topological polar surface area (TPSA) is 120 Å². The van der Waals surface area contributed by atoms with E-state index in [2.05, 4.69) is 25.6 Å². The fraction of sp³-hybridized carbons (Fsp3) is 0.167. The summed E-state index contributed by atoms with van der Waals surface area (Å²) in [5.74, 6) is -1.13. The molecule has 1 amide bonds. The molecule has 4 N–H and O–H groups in total. The number of carbonyl (C=O) groups excluding carboxylic acids is 1. The first kappa shape index (κ1) is 21.0. The lowest BCUT2D eigenvalue weighted by molar-refractivity contribution is -0.139. The van der Waals surface area contributed by atoms with Crippen molar-refractivity contribution in [3.63, 3.8) is 0 Å². The van der Waals surface area contributed by atoms with Crippen LogP contribution in [0.1, 0.15) is 27.3 Å². The minimum Gasteiger partial charge on any atom is -0.480 e. The van der Waals surface area contributed by atoms with Crippen LogP contribution in [0.3, 0.4) is 0 Å². The van der Waals surface area contributed by atoms with Crippen molar-refractivity contribution in [1.82, 2.24) is 20.3 Å². The highest BCUT2D eigenvalue weighted by Crippen LogP contribution is 2.20. The number of carboxylic acid groups (broad SMARTS) is 1. The first-order valence-electron chi connectivity index (χ1n) is 10.2. The smallest absolute Gasteiger partial charge is 0.326 e. The zero-order valence-corrected chi connectivity index (χ0v) is 17.7. The maximum atomic E-state index is 12.8. The highest BCUT2D eigenvalue weighted by atomic mass is 16.4. The maximum absolute atomic E-state index is 12.8. The lowest BCUT2D eigenvalue weighted by Gasteiger charge is -2.15. The van der Waals surface area contributed by atoms with E-state index < -0.39 is 17.9 Å². The van der Waals surface area contributed by atoms with Gasteiger partial charge < -0.3 is 20.7 Å². The van der Waals surface area contributed by atoms with Crippen LogP contribution in [0.2, 0.25) is 0 Å². The number of fused-ring (bicyclic) bond motifs is 1. The van der Waals surface area contributed by atoms with E-state index >= 15 is 0 Å². The van der Waals surface area contributed by atoms with Gasteiger partial charge in [0.25, 0.3) is 5.91 Å². The number of rotatable bonds is 7. The SMILES string of the molecule is Cc1cc(C)nc(Nc2cccc(C(=O)NC(Cc3c[nH]c4ccccc34)C(=O)O)c2)n1. The highest BCUT2D eigenvalue weighted by molar-refractivity contribution is 5.97. The Morgan fingerprint density at radius 2 is 1.78 bits per heavy atom. The van der Waals surface area contributed by atoms with Crippen molar-refractivity contribution in [2.45, 2.75) is 26.3 Å². The summed E-state index contributed by atoms with van der Waals surface area (Å²) in [5, 5.41) is 16.3. The van der Waals surface area contributed by atoms with E-state index in [0.717, 1.165) is 27.9 Å². The Hall–Kier alpha value is -4.20. The Labute approximate surface area is 184 Å². The molecule has 2 aromatic carbocycles. The van der Waals surface area contributed by atoms with E-state index in [1.165, 1.54) is 0 Å². The van der Waals surface area contributed by atoms with Crippen LogP contribution in [-0.4, -0.2) is 38.0 Å². The van der Waals surface area contributed by atoms with Gasteiger partial charge in [-0.15, -0.1) is 0 Å². The third kappa shape index (κ3) is 4.75. The van der Waals surface area contributed by atoms with Gasteiger partial charge in [0.1, 0.15) is 6.04 Å². The van der Waals surface area contributed by atoms with Crippen LogP contribution in [0.25, 0.3) is 10.9 Å². The van der Waals surface area contributed by atoms with E-state index in [0.29, 0.717) is 17.2 Å². The van der Waals surface area contributed by atoms with Gasteiger partial charge >= 0.3 is 5.97 Å². The summed E-state index contributed by atoms with van der Waals surface area (Å²) >= 11 is 0. The molecule has 0 bridgehead atoms. The predicted molar refractivity (Wildman–Crippen MR) is 122 cm³/mol. The van der Waals surface area contributed by atoms with Gasteiger partial charge in [-0.2, -0.15) is 0 Å². The molecule has 1 atom stereocenters. The van der Waals surface area contributed by atoms with Crippen molar-refractivity contribution in [2.24, 2.45) is 0 Å². The Kier molecular flexibility index (Phi) is 5.85.